The Morgan fingerprint density at radius 3 is 2.45 bits per heavy atom. The highest BCUT2D eigenvalue weighted by molar-refractivity contribution is 7.12. The quantitative estimate of drug-likeness (QED) is 0.853. The molecule has 0 unspecified atom stereocenters. The Balaban J connectivity index is 2.50. The molecule has 0 radical (unpaired) electrons. The lowest BCUT2D eigenvalue weighted by Crippen LogP contribution is -2.37. The third kappa shape index (κ3) is 3.27. The van der Waals surface area contributed by atoms with Gasteiger partial charge in [0.2, 0.25) is 0 Å². The Bertz CT molecular complexity index is 727. The maximum Gasteiger partial charge on any atom is 0.348 e. The number of thiophene rings is 1. The Labute approximate surface area is 141 Å². The summed E-state index contributed by atoms with van der Waals surface area (Å²) in [5, 5.41) is 11.6. The van der Waals surface area contributed by atoms with Gasteiger partial charge in [0.25, 0.3) is 5.91 Å². The molecule has 0 aliphatic heterocycles. The number of hydrogen-bond donors (Lipinski definition) is 1. The van der Waals surface area contributed by atoms with E-state index in [1.807, 2.05) is 13.8 Å². The van der Waals surface area contributed by atoms with Crippen molar-refractivity contribution in [3.8, 4) is 0 Å². The number of aromatic carboxylic acids is 1. The van der Waals surface area contributed by atoms with Gasteiger partial charge in [0.1, 0.15) is 4.88 Å². The van der Waals surface area contributed by atoms with Crippen LogP contribution in [0.15, 0.2) is 29.6 Å². The number of carbonyl (C=O) groups is 2. The lowest BCUT2D eigenvalue weighted by atomic mass is 10.1. The van der Waals surface area contributed by atoms with Gasteiger partial charge < -0.3 is 10.0 Å². The fourth-order valence-corrected chi connectivity index (χ4v) is 3.28. The normalized spacial score (nSPS) is 10.8. The lowest BCUT2D eigenvalue weighted by molar-refractivity contribution is 0.0703. The third-order valence-electron chi connectivity index (χ3n) is 2.99. The summed E-state index contributed by atoms with van der Waals surface area (Å²) in [7, 11) is 0. The van der Waals surface area contributed by atoms with E-state index >= 15 is 0 Å². The van der Waals surface area contributed by atoms with Crippen LogP contribution in [-0.2, 0) is 0 Å². The van der Waals surface area contributed by atoms with E-state index in [4.69, 9.17) is 23.2 Å². The van der Waals surface area contributed by atoms with Crippen LogP contribution in [0.25, 0.3) is 0 Å². The van der Waals surface area contributed by atoms with Gasteiger partial charge in [-0.25, -0.2) is 4.79 Å². The highest BCUT2D eigenvalue weighted by atomic mass is 35.5. The van der Waals surface area contributed by atoms with Crippen LogP contribution in [0, 0.1) is 0 Å². The molecule has 7 heteroatoms. The molecule has 4 nitrogen and oxygen atoms in total. The summed E-state index contributed by atoms with van der Waals surface area (Å²) in [5.41, 5.74) is 0.644. The van der Waals surface area contributed by atoms with E-state index in [0.29, 0.717) is 10.7 Å². The monoisotopic (exact) mass is 357 g/mol. The number of carboxylic acid groups (broad SMARTS) is 1. The van der Waals surface area contributed by atoms with Gasteiger partial charge >= 0.3 is 5.97 Å². The number of benzene rings is 1. The second-order valence-corrected chi connectivity index (χ2v) is 6.59. The molecule has 0 aliphatic rings. The summed E-state index contributed by atoms with van der Waals surface area (Å²) < 4.78 is 0. The largest absolute Gasteiger partial charge is 0.477 e. The Hall–Kier alpha value is -1.56. The number of anilines is 1. The van der Waals surface area contributed by atoms with E-state index < -0.39 is 5.97 Å². The van der Waals surface area contributed by atoms with Gasteiger partial charge in [-0.3, -0.25) is 4.79 Å². The molecule has 0 saturated heterocycles. The molecular weight excluding hydrogens is 345 g/mol. The van der Waals surface area contributed by atoms with Crippen LogP contribution in [0.5, 0.6) is 0 Å². The number of nitrogens with zero attached hydrogens (tertiary/aromatic N) is 1. The molecule has 116 valence electrons. The molecule has 2 aromatic rings. The van der Waals surface area contributed by atoms with Crippen LogP contribution in [0.4, 0.5) is 5.69 Å². The fraction of sp³-hybridized carbons (Fsp3) is 0.200. The van der Waals surface area contributed by atoms with Gasteiger partial charge in [0.05, 0.1) is 16.3 Å². The van der Waals surface area contributed by atoms with Crippen molar-refractivity contribution < 1.29 is 14.7 Å². The van der Waals surface area contributed by atoms with Crippen LogP contribution >= 0.6 is 34.5 Å². The van der Waals surface area contributed by atoms with E-state index in [2.05, 4.69) is 0 Å². The molecule has 1 heterocycles. The summed E-state index contributed by atoms with van der Waals surface area (Å²) in [6, 6.07) is 5.99. The van der Waals surface area contributed by atoms with Gasteiger partial charge in [0, 0.05) is 11.1 Å². The predicted molar refractivity (Wildman–Crippen MR) is 89.7 cm³/mol. The van der Waals surface area contributed by atoms with Gasteiger partial charge in [-0.2, -0.15) is 0 Å². The first-order valence-corrected chi connectivity index (χ1v) is 8.06. The highest BCUT2D eigenvalue weighted by Crippen LogP contribution is 2.31. The summed E-state index contributed by atoms with van der Waals surface area (Å²) >= 11 is 13.0. The van der Waals surface area contributed by atoms with E-state index in [1.165, 1.54) is 17.0 Å². The molecule has 1 aromatic heterocycles. The second kappa shape index (κ2) is 6.69. The van der Waals surface area contributed by atoms with Gasteiger partial charge in [-0.05, 0) is 43.5 Å². The molecule has 0 atom stereocenters. The van der Waals surface area contributed by atoms with Crippen molar-refractivity contribution in [2.45, 2.75) is 19.9 Å². The molecule has 2 rings (SSSR count). The number of halogens is 2. The molecule has 0 spiro atoms. The smallest absolute Gasteiger partial charge is 0.348 e. The number of amides is 1. The molecular formula is C15H13Cl2NO3S. The van der Waals surface area contributed by atoms with Crippen molar-refractivity contribution in [1.82, 2.24) is 0 Å². The molecule has 0 aliphatic carbocycles. The first kappa shape index (κ1) is 16.8. The van der Waals surface area contributed by atoms with Crippen LogP contribution in [0.1, 0.15) is 33.9 Å². The number of carboxylic acids is 1. The summed E-state index contributed by atoms with van der Waals surface area (Å²) in [4.78, 5) is 25.7. The molecule has 22 heavy (non-hydrogen) atoms. The summed E-state index contributed by atoms with van der Waals surface area (Å²) in [6.45, 7) is 3.62. The maximum absolute atomic E-state index is 12.8. The molecule has 1 aromatic carbocycles. The zero-order valence-electron chi connectivity index (χ0n) is 11.8. The Morgan fingerprint density at radius 2 is 1.91 bits per heavy atom. The number of rotatable bonds is 4. The molecule has 0 saturated carbocycles. The topological polar surface area (TPSA) is 57.6 Å². The Morgan fingerprint density at radius 1 is 1.23 bits per heavy atom. The lowest BCUT2D eigenvalue weighted by Gasteiger charge is -2.27. The summed E-state index contributed by atoms with van der Waals surface area (Å²) in [6.07, 6.45) is 0. The summed E-state index contributed by atoms with van der Waals surface area (Å²) in [5.74, 6) is -1.43. The minimum Gasteiger partial charge on any atom is -0.477 e. The zero-order chi connectivity index (χ0) is 16.4. The van der Waals surface area contributed by atoms with Crippen molar-refractivity contribution in [3.05, 3.63) is 50.1 Å². The maximum atomic E-state index is 12.8. The average molecular weight is 358 g/mol. The van der Waals surface area contributed by atoms with E-state index in [-0.39, 0.29) is 27.4 Å². The average Bonchev–Trinajstić information content (AvgIpc) is 2.87. The van der Waals surface area contributed by atoms with Gasteiger partial charge in [-0.15, -0.1) is 11.3 Å². The second-order valence-electron chi connectivity index (χ2n) is 4.83. The number of carbonyl (C=O) groups excluding carboxylic acids is 1. The minimum atomic E-state index is -1.06. The fourth-order valence-electron chi connectivity index (χ4n) is 2.07. The minimum absolute atomic E-state index is 0.118. The van der Waals surface area contributed by atoms with Crippen LogP contribution in [-0.4, -0.2) is 23.0 Å². The van der Waals surface area contributed by atoms with Crippen LogP contribution in [0.2, 0.25) is 10.0 Å². The third-order valence-corrected chi connectivity index (χ3v) is 4.43. The van der Waals surface area contributed by atoms with E-state index in [9.17, 15) is 14.7 Å². The van der Waals surface area contributed by atoms with Crippen LogP contribution < -0.4 is 4.90 Å². The molecule has 0 bridgehead atoms. The zero-order valence-corrected chi connectivity index (χ0v) is 14.2. The van der Waals surface area contributed by atoms with Crippen LogP contribution in [0.3, 0.4) is 0 Å². The first-order valence-electron chi connectivity index (χ1n) is 6.42. The van der Waals surface area contributed by atoms with E-state index in [0.717, 1.165) is 11.3 Å². The Kier molecular flexibility index (Phi) is 5.11. The number of hydrogen-bond acceptors (Lipinski definition) is 3. The van der Waals surface area contributed by atoms with Crippen molar-refractivity contribution >= 4 is 52.1 Å². The standard InChI is InChI=1S/C15H13Cl2NO3S/c1-8(2)18(12-5-6-22-13(12)15(20)21)14(19)10-4-3-9(16)7-11(10)17/h3-8H,1-2H3,(H,20,21). The predicted octanol–water partition coefficient (Wildman–Crippen LogP) is 4.81. The SMILES string of the molecule is CC(C)N(C(=O)c1ccc(Cl)cc1Cl)c1ccsc1C(=O)O. The van der Waals surface area contributed by atoms with Gasteiger partial charge in [-0.1, -0.05) is 23.2 Å². The molecule has 1 N–H and O–H groups in total. The molecule has 0 fully saturated rings. The van der Waals surface area contributed by atoms with E-state index in [1.54, 1.807) is 17.5 Å². The van der Waals surface area contributed by atoms with Crippen molar-refractivity contribution in [2.24, 2.45) is 0 Å². The molecule has 1 amide bonds. The van der Waals surface area contributed by atoms with Crippen molar-refractivity contribution in [3.63, 3.8) is 0 Å². The van der Waals surface area contributed by atoms with Crippen molar-refractivity contribution in [2.75, 3.05) is 4.90 Å². The van der Waals surface area contributed by atoms with Crippen molar-refractivity contribution in [1.29, 1.82) is 0 Å². The highest BCUT2D eigenvalue weighted by Gasteiger charge is 2.27. The first-order chi connectivity index (χ1) is 10.3. The van der Waals surface area contributed by atoms with Gasteiger partial charge in [0.15, 0.2) is 0 Å².